The summed E-state index contributed by atoms with van der Waals surface area (Å²) in [6.07, 6.45) is -32.7. The molecule has 0 spiro atoms. The lowest BCUT2D eigenvalue weighted by Gasteiger charge is -2.51. The number of nitrogens with one attached hydrogen (secondary N) is 1. The van der Waals surface area contributed by atoms with E-state index in [9.17, 15) is 66.1 Å². The molecule has 21 heteroatoms. The molecule has 4 rings (SSSR count). The van der Waals surface area contributed by atoms with Gasteiger partial charge in [0.15, 0.2) is 25.2 Å². The highest BCUT2D eigenvalue weighted by Gasteiger charge is 2.56. The van der Waals surface area contributed by atoms with E-state index < -0.39 is 148 Å². The van der Waals surface area contributed by atoms with Crippen LogP contribution in [0.2, 0.25) is 0 Å². The summed E-state index contributed by atoms with van der Waals surface area (Å²) in [5, 5.41) is 126. The normalized spacial score (nSPS) is 51.0. The van der Waals surface area contributed by atoms with E-state index in [0.717, 1.165) is 6.92 Å². The van der Waals surface area contributed by atoms with Gasteiger partial charge in [-0.25, -0.2) is 0 Å². The van der Waals surface area contributed by atoms with Crippen molar-refractivity contribution in [1.82, 2.24) is 5.32 Å². The van der Waals surface area contributed by atoms with E-state index in [1.807, 2.05) is 0 Å². The maximum absolute atomic E-state index is 12.5. The molecule has 4 heterocycles. The molecule has 4 saturated heterocycles. The van der Waals surface area contributed by atoms with E-state index in [-0.39, 0.29) is 0 Å². The SMILES string of the molecule is CC(=O)N[C@H]1[C@H](O[C@@H]2[C@@H](O)[C@H](O)O[C@H](CO)[C@@H]2O)O[C@H](CO)[C@@H](O[C@@H]2O[C@@H](C)[C@@H](O)[C@@H](O)[C@@H]2O)[C@@H]1O[C@@H]1O[C@H](CO)[C@H](O)[C@H](O)[C@H]1O. The molecule has 4 fully saturated rings. The Kier molecular flexibility index (Phi) is 13.2. The van der Waals surface area contributed by atoms with Crippen LogP contribution >= 0.6 is 0 Å². The van der Waals surface area contributed by atoms with Gasteiger partial charge in [-0.2, -0.15) is 0 Å². The molecule has 0 unspecified atom stereocenters. The maximum atomic E-state index is 12.5. The highest BCUT2D eigenvalue weighted by Crippen LogP contribution is 2.35. The molecule has 0 aromatic heterocycles. The minimum absolute atomic E-state index is 0.765. The first kappa shape index (κ1) is 38.5. The van der Waals surface area contributed by atoms with Crippen LogP contribution in [0.15, 0.2) is 0 Å². The monoisotopic (exact) mass is 691 g/mol. The van der Waals surface area contributed by atoms with Gasteiger partial charge in [0, 0.05) is 6.92 Å². The third-order valence-electron chi connectivity index (χ3n) is 8.57. The number of ether oxygens (including phenoxy) is 7. The lowest BCUT2D eigenvalue weighted by molar-refractivity contribution is -0.384. The Labute approximate surface area is 267 Å². The summed E-state index contributed by atoms with van der Waals surface area (Å²) in [6, 6.07) is -1.62. The third kappa shape index (κ3) is 8.04. The van der Waals surface area contributed by atoms with E-state index in [1.54, 1.807) is 0 Å². The van der Waals surface area contributed by atoms with Gasteiger partial charge in [0.05, 0.1) is 25.9 Å². The fourth-order valence-electron chi connectivity index (χ4n) is 5.88. The van der Waals surface area contributed by atoms with Crippen molar-refractivity contribution in [2.45, 2.75) is 137 Å². The molecule has 13 N–H and O–H groups in total. The fourth-order valence-corrected chi connectivity index (χ4v) is 5.88. The van der Waals surface area contributed by atoms with Crippen LogP contribution in [-0.4, -0.2) is 210 Å². The van der Waals surface area contributed by atoms with Gasteiger partial charge in [0.25, 0.3) is 0 Å². The maximum Gasteiger partial charge on any atom is 0.217 e. The predicted octanol–water partition coefficient (Wildman–Crippen LogP) is -8.58. The van der Waals surface area contributed by atoms with Crippen molar-refractivity contribution >= 4 is 5.91 Å². The summed E-state index contributed by atoms with van der Waals surface area (Å²) in [5.41, 5.74) is 0. The minimum atomic E-state index is -1.99. The Balaban J connectivity index is 1.73. The smallest absolute Gasteiger partial charge is 0.217 e. The number of rotatable bonds is 10. The Morgan fingerprint density at radius 1 is 0.553 bits per heavy atom. The highest BCUT2D eigenvalue weighted by molar-refractivity contribution is 5.73. The number of hydrogen-bond donors (Lipinski definition) is 13. The van der Waals surface area contributed by atoms with Crippen LogP contribution < -0.4 is 5.32 Å². The topological polar surface area (TPSA) is 336 Å². The van der Waals surface area contributed by atoms with E-state index in [1.165, 1.54) is 6.92 Å². The Hall–Kier alpha value is -1.29. The largest absolute Gasteiger partial charge is 0.394 e. The number of carbonyl (C=O) groups excluding carboxylic acids is 1. The molecule has 0 saturated carbocycles. The van der Waals surface area contributed by atoms with E-state index in [4.69, 9.17) is 33.2 Å². The molecule has 0 aromatic carbocycles. The number of carbonyl (C=O) groups is 1. The lowest BCUT2D eigenvalue weighted by Crippen LogP contribution is -2.71. The van der Waals surface area contributed by atoms with Crippen LogP contribution in [0, 0.1) is 0 Å². The van der Waals surface area contributed by atoms with Crippen molar-refractivity contribution in [2.24, 2.45) is 0 Å². The molecule has 0 radical (unpaired) electrons. The van der Waals surface area contributed by atoms with E-state index >= 15 is 0 Å². The zero-order chi connectivity index (χ0) is 34.9. The predicted molar refractivity (Wildman–Crippen MR) is 144 cm³/mol. The zero-order valence-electron chi connectivity index (χ0n) is 25.3. The molecule has 20 atom stereocenters. The Morgan fingerprint density at radius 3 is 1.62 bits per heavy atom. The summed E-state index contributed by atoms with van der Waals surface area (Å²) < 4.78 is 39.5. The highest BCUT2D eigenvalue weighted by atomic mass is 16.8. The Bertz CT molecular complexity index is 1010. The zero-order valence-corrected chi connectivity index (χ0v) is 25.3. The number of aliphatic hydroxyl groups excluding tert-OH is 12. The van der Waals surface area contributed by atoms with Gasteiger partial charge in [-0.3, -0.25) is 4.79 Å². The molecule has 21 nitrogen and oxygen atoms in total. The quantitative estimate of drug-likeness (QED) is 0.101. The second-order valence-corrected chi connectivity index (χ2v) is 11.9. The van der Waals surface area contributed by atoms with Gasteiger partial charge in [-0.15, -0.1) is 0 Å². The molecular weight excluding hydrogens is 646 g/mol. The van der Waals surface area contributed by atoms with Gasteiger partial charge in [0.1, 0.15) is 91.5 Å². The van der Waals surface area contributed by atoms with Gasteiger partial charge in [0.2, 0.25) is 5.91 Å². The van der Waals surface area contributed by atoms with Gasteiger partial charge < -0.3 is 99.8 Å². The van der Waals surface area contributed by atoms with Crippen molar-refractivity contribution in [2.75, 3.05) is 19.8 Å². The number of aliphatic hydroxyl groups is 12. The summed E-state index contributed by atoms with van der Waals surface area (Å²) in [6.45, 7) is -0.149. The summed E-state index contributed by atoms with van der Waals surface area (Å²) in [5.74, 6) is -0.765. The van der Waals surface area contributed by atoms with Crippen molar-refractivity contribution < 1.29 is 99.2 Å². The molecule has 4 aliphatic rings. The molecular formula is C26H45NO20. The number of hydrogen-bond acceptors (Lipinski definition) is 20. The first-order chi connectivity index (χ1) is 22.1. The van der Waals surface area contributed by atoms with Gasteiger partial charge in [-0.1, -0.05) is 0 Å². The van der Waals surface area contributed by atoms with Crippen molar-refractivity contribution in [3.63, 3.8) is 0 Å². The standard InChI is InChI=1S/C26H45NO20/c1-6-12(32)15(35)17(37)25(41-6)45-20-10(5-30)44-24(47-22-14(34)9(4-29)42-23(40)19(22)39)11(27-7(2)31)21(20)46-26-18(38)16(36)13(33)8(3-28)43-26/h6,8-26,28-30,32-40H,3-5H2,1-2H3,(H,27,31)/t6-,8+,9+,10+,11+,12+,13-,14-,15+,16-,17-,18+,19+,20+,21+,22-,23+,24-,25-,26-/m0/s1. The minimum Gasteiger partial charge on any atom is -0.394 e. The molecule has 0 aliphatic carbocycles. The summed E-state index contributed by atoms with van der Waals surface area (Å²) in [7, 11) is 0. The molecule has 47 heavy (non-hydrogen) atoms. The molecule has 0 aromatic rings. The lowest BCUT2D eigenvalue weighted by atomic mass is 9.93. The van der Waals surface area contributed by atoms with Crippen LogP contribution in [0.4, 0.5) is 0 Å². The van der Waals surface area contributed by atoms with Gasteiger partial charge >= 0.3 is 0 Å². The average molecular weight is 692 g/mol. The molecule has 1 amide bonds. The van der Waals surface area contributed by atoms with Crippen LogP contribution in [-0.2, 0) is 38.0 Å². The first-order valence-electron chi connectivity index (χ1n) is 15.0. The second kappa shape index (κ2) is 16.2. The second-order valence-electron chi connectivity index (χ2n) is 11.9. The van der Waals surface area contributed by atoms with Crippen LogP contribution in [0.1, 0.15) is 13.8 Å². The van der Waals surface area contributed by atoms with Gasteiger partial charge in [-0.05, 0) is 6.92 Å². The molecule has 0 bridgehead atoms. The Morgan fingerprint density at radius 2 is 1.04 bits per heavy atom. The van der Waals surface area contributed by atoms with Crippen LogP contribution in [0.5, 0.6) is 0 Å². The van der Waals surface area contributed by atoms with Crippen molar-refractivity contribution in [1.29, 1.82) is 0 Å². The summed E-state index contributed by atoms with van der Waals surface area (Å²) in [4.78, 5) is 12.5. The summed E-state index contributed by atoms with van der Waals surface area (Å²) >= 11 is 0. The third-order valence-corrected chi connectivity index (χ3v) is 8.57. The molecule has 4 aliphatic heterocycles. The van der Waals surface area contributed by atoms with Crippen molar-refractivity contribution in [3.05, 3.63) is 0 Å². The van der Waals surface area contributed by atoms with E-state index in [2.05, 4.69) is 5.32 Å². The van der Waals surface area contributed by atoms with Crippen LogP contribution in [0.3, 0.4) is 0 Å². The average Bonchev–Trinajstić information content (AvgIpc) is 3.04. The fraction of sp³-hybridized carbons (Fsp3) is 0.962. The first-order valence-corrected chi connectivity index (χ1v) is 15.0. The van der Waals surface area contributed by atoms with E-state index in [0.29, 0.717) is 0 Å². The van der Waals surface area contributed by atoms with Crippen LogP contribution in [0.25, 0.3) is 0 Å². The van der Waals surface area contributed by atoms with Crippen molar-refractivity contribution in [3.8, 4) is 0 Å². The number of amides is 1. The molecule has 274 valence electrons.